The summed E-state index contributed by atoms with van der Waals surface area (Å²) in [4.78, 5) is 13.4. The van der Waals surface area contributed by atoms with E-state index in [1.807, 2.05) is 6.08 Å². The third-order valence-electron chi connectivity index (χ3n) is 19.5. The van der Waals surface area contributed by atoms with Crippen LogP contribution in [0.4, 0.5) is 0 Å². The van der Waals surface area contributed by atoms with Crippen LogP contribution in [0, 0.1) is 0 Å². The van der Waals surface area contributed by atoms with Gasteiger partial charge in [-0.1, -0.05) is 289 Å². The lowest BCUT2D eigenvalue weighted by molar-refractivity contribution is -0.379. The van der Waals surface area contributed by atoms with Crippen LogP contribution in [0.25, 0.3) is 0 Å². The summed E-state index contributed by atoms with van der Waals surface area (Å²) in [6, 6.07) is -0.970. The topological polar surface area (TPSA) is 307 Å². The predicted octanol–water partition coefficient (Wildman–Crippen LogP) is 11.8. The third kappa shape index (κ3) is 37.6. The van der Waals surface area contributed by atoms with Crippen LogP contribution < -0.4 is 5.32 Å². The van der Waals surface area contributed by atoms with Crippen molar-refractivity contribution in [3.05, 3.63) is 24.3 Å². The summed E-state index contributed by atoms with van der Waals surface area (Å²) in [5.41, 5.74) is 0. The molecule has 0 spiro atoms. The predicted molar refractivity (Wildman–Crippen MR) is 370 cm³/mol. The number of rotatable bonds is 61. The average molecular weight is 1340 g/mol. The van der Waals surface area contributed by atoms with Gasteiger partial charge >= 0.3 is 0 Å². The van der Waals surface area contributed by atoms with E-state index in [9.17, 15) is 61.0 Å². The van der Waals surface area contributed by atoms with E-state index in [4.69, 9.17) is 28.4 Å². The summed E-state index contributed by atoms with van der Waals surface area (Å²) in [5, 5.41) is 121. The number of hydrogen-bond donors (Lipinski definition) is 12. The van der Waals surface area contributed by atoms with Crippen LogP contribution in [0.2, 0.25) is 0 Å². The molecule has 1 amide bonds. The number of carbonyl (C=O) groups excluding carboxylic acids is 1. The Balaban J connectivity index is 1.34. The molecule has 19 nitrogen and oxygen atoms in total. The highest BCUT2D eigenvalue weighted by atomic mass is 16.8. The van der Waals surface area contributed by atoms with Gasteiger partial charge in [-0.25, -0.2) is 0 Å². The number of aliphatic hydroxyl groups is 11. The number of hydrogen-bond acceptors (Lipinski definition) is 18. The zero-order valence-electron chi connectivity index (χ0n) is 59.0. The fraction of sp³-hybridized carbons (Fsp3) is 0.933. The first-order valence-corrected chi connectivity index (χ1v) is 38.6. The largest absolute Gasteiger partial charge is 0.394 e. The Morgan fingerprint density at radius 2 is 0.670 bits per heavy atom. The van der Waals surface area contributed by atoms with Crippen molar-refractivity contribution in [2.24, 2.45) is 0 Å². The molecule has 3 aliphatic rings. The molecule has 0 bridgehead atoms. The minimum absolute atomic E-state index is 0.248. The molecule has 3 aliphatic heterocycles. The molecule has 554 valence electrons. The van der Waals surface area contributed by atoms with Crippen LogP contribution in [-0.2, 0) is 33.2 Å². The van der Waals surface area contributed by atoms with E-state index in [0.717, 1.165) is 44.9 Å². The Hall–Kier alpha value is -1.73. The molecule has 0 aromatic carbocycles. The molecule has 3 rings (SSSR count). The van der Waals surface area contributed by atoms with Gasteiger partial charge in [-0.05, 0) is 44.9 Å². The number of ether oxygens (including phenoxy) is 6. The fourth-order valence-electron chi connectivity index (χ4n) is 13.2. The molecule has 0 aromatic rings. The number of nitrogens with one attached hydrogen (secondary N) is 1. The zero-order valence-corrected chi connectivity index (χ0v) is 59.0. The van der Waals surface area contributed by atoms with E-state index in [2.05, 4.69) is 31.3 Å². The first kappa shape index (κ1) is 86.5. The van der Waals surface area contributed by atoms with Crippen LogP contribution in [0.15, 0.2) is 24.3 Å². The number of amides is 1. The van der Waals surface area contributed by atoms with Crippen molar-refractivity contribution in [2.45, 2.75) is 420 Å². The van der Waals surface area contributed by atoms with Gasteiger partial charge in [-0.3, -0.25) is 4.79 Å². The van der Waals surface area contributed by atoms with Gasteiger partial charge in [0.15, 0.2) is 18.9 Å². The lowest BCUT2D eigenvalue weighted by Gasteiger charge is -2.48. The summed E-state index contributed by atoms with van der Waals surface area (Å²) in [7, 11) is 0. The molecule has 3 saturated heterocycles. The molecular formula is C75H141NO18. The van der Waals surface area contributed by atoms with Gasteiger partial charge in [0.25, 0.3) is 0 Å². The molecule has 0 radical (unpaired) electrons. The second-order valence-electron chi connectivity index (χ2n) is 27.8. The molecule has 0 saturated carbocycles. The molecular weight excluding hydrogens is 1200 g/mol. The van der Waals surface area contributed by atoms with Crippen LogP contribution >= 0.6 is 0 Å². The van der Waals surface area contributed by atoms with Gasteiger partial charge in [0, 0.05) is 6.42 Å². The number of allylic oxidation sites excluding steroid dienone is 3. The fourth-order valence-corrected chi connectivity index (χ4v) is 13.2. The van der Waals surface area contributed by atoms with Gasteiger partial charge < -0.3 is 89.9 Å². The van der Waals surface area contributed by atoms with Gasteiger partial charge in [0.2, 0.25) is 5.91 Å². The Morgan fingerprint density at radius 1 is 0.372 bits per heavy atom. The van der Waals surface area contributed by atoms with E-state index in [1.165, 1.54) is 244 Å². The molecule has 94 heavy (non-hydrogen) atoms. The maximum atomic E-state index is 13.4. The number of aliphatic hydroxyl groups excluding tert-OH is 11. The van der Waals surface area contributed by atoms with Crippen LogP contribution in [0.3, 0.4) is 0 Å². The highest BCUT2D eigenvalue weighted by Gasteiger charge is 2.53. The Morgan fingerprint density at radius 3 is 1.03 bits per heavy atom. The summed E-state index contributed by atoms with van der Waals surface area (Å²) in [5.74, 6) is -0.269. The standard InChI is InChI=1S/C75H141NO18/c1-3-5-7-9-11-13-15-17-19-21-22-23-24-25-26-27-28-29-30-31-32-33-34-35-36-37-39-41-43-45-47-49-51-53-63(81)76-58(59(80)52-50-48-46-44-42-40-38-20-18-16-14-12-10-8-6-4-2)57-89-73-69(87)66(84)71(61(55-78)91-73)94-75-70(88)67(85)72(62(56-79)92-75)93-74-68(86)65(83)64(82)60(54-77)90-74/h21-22,50,52,58-62,64-75,77-80,82-88H,3-20,23-49,51,53-57H2,1-2H3,(H,76,81)/b22-21-,52-50+. The molecule has 0 aromatic heterocycles. The molecule has 3 heterocycles. The SMILES string of the molecule is CCCCCCCCCC/C=C\CCCCCCCCCCCCCCCCCCCCCCCC(=O)NC(COC1OC(CO)C(OC2OC(CO)C(OC3OC(CO)C(O)C(O)C3O)C(O)C2O)C(O)C1O)C(O)/C=C/CCCCCCCCCCCCCCCC. The van der Waals surface area contributed by atoms with Crippen molar-refractivity contribution in [2.75, 3.05) is 26.4 Å². The minimum atomic E-state index is -1.98. The van der Waals surface area contributed by atoms with Crippen molar-refractivity contribution in [3.63, 3.8) is 0 Å². The summed E-state index contributed by atoms with van der Waals surface area (Å²) in [6.45, 7) is 1.77. The van der Waals surface area contributed by atoms with E-state index in [0.29, 0.717) is 6.42 Å². The van der Waals surface area contributed by atoms with Crippen LogP contribution in [-0.4, -0.2) is 193 Å². The van der Waals surface area contributed by atoms with Crippen molar-refractivity contribution in [3.8, 4) is 0 Å². The van der Waals surface area contributed by atoms with Crippen molar-refractivity contribution < 1.29 is 89.4 Å². The second-order valence-corrected chi connectivity index (χ2v) is 27.8. The van der Waals surface area contributed by atoms with E-state index < -0.39 is 124 Å². The second kappa shape index (κ2) is 57.0. The summed E-state index contributed by atoms with van der Waals surface area (Å²) in [6.07, 6.45) is 40.3. The quantitative estimate of drug-likeness (QED) is 0.0199. The van der Waals surface area contributed by atoms with Gasteiger partial charge in [0.1, 0.15) is 73.2 Å². The van der Waals surface area contributed by atoms with Gasteiger partial charge in [-0.2, -0.15) is 0 Å². The van der Waals surface area contributed by atoms with Gasteiger partial charge in [0.05, 0.1) is 38.6 Å². The van der Waals surface area contributed by atoms with E-state index in [-0.39, 0.29) is 18.9 Å². The molecule has 3 fully saturated rings. The molecule has 17 atom stereocenters. The Kier molecular flexibility index (Phi) is 52.4. The molecule has 19 heteroatoms. The minimum Gasteiger partial charge on any atom is -0.394 e. The molecule has 12 N–H and O–H groups in total. The van der Waals surface area contributed by atoms with E-state index >= 15 is 0 Å². The summed E-state index contributed by atoms with van der Waals surface area (Å²) >= 11 is 0. The lowest BCUT2D eigenvalue weighted by Crippen LogP contribution is -2.66. The van der Waals surface area contributed by atoms with Crippen molar-refractivity contribution >= 4 is 5.91 Å². The maximum Gasteiger partial charge on any atom is 0.220 e. The Bertz CT molecular complexity index is 1800. The van der Waals surface area contributed by atoms with Gasteiger partial charge in [-0.15, -0.1) is 0 Å². The zero-order chi connectivity index (χ0) is 68.2. The Labute approximate surface area is 568 Å². The number of carbonyl (C=O) groups is 1. The van der Waals surface area contributed by atoms with Crippen molar-refractivity contribution in [1.82, 2.24) is 5.32 Å². The average Bonchev–Trinajstić information content (AvgIpc) is 0.787. The van der Waals surface area contributed by atoms with E-state index in [1.54, 1.807) is 6.08 Å². The molecule has 17 unspecified atom stereocenters. The van der Waals surface area contributed by atoms with Crippen LogP contribution in [0.1, 0.15) is 316 Å². The lowest BCUT2D eigenvalue weighted by atomic mass is 9.96. The highest BCUT2D eigenvalue weighted by Crippen LogP contribution is 2.33. The first-order chi connectivity index (χ1) is 45.8. The third-order valence-corrected chi connectivity index (χ3v) is 19.5. The first-order valence-electron chi connectivity index (χ1n) is 38.6. The molecule has 0 aliphatic carbocycles. The highest BCUT2D eigenvalue weighted by molar-refractivity contribution is 5.76. The maximum absolute atomic E-state index is 13.4. The smallest absolute Gasteiger partial charge is 0.220 e. The van der Waals surface area contributed by atoms with Crippen molar-refractivity contribution in [1.29, 1.82) is 0 Å². The van der Waals surface area contributed by atoms with Crippen LogP contribution in [0.5, 0.6) is 0 Å². The number of unbranched alkanes of at least 4 members (excludes halogenated alkanes) is 43. The monoisotopic (exact) mass is 1340 g/mol. The summed E-state index contributed by atoms with van der Waals surface area (Å²) < 4.78 is 34.4. The normalized spacial score (nSPS) is 27.4.